The molecule has 31 heavy (non-hydrogen) atoms. The fraction of sp³-hybridized carbons (Fsp3) is 1.00. The van der Waals surface area contributed by atoms with Crippen molar-refractivity contribution in [2.75, 3.05) is 24.7 Å². The molecule has 0 saturated heterocycles. The van der Waals surface area contributed by atoms with E-state index in [1.165, 1.54) is 96.3 Å². The average Bonchev–Trinajstić information content (AvgIpc) is 2.77. The summed E-state index contributed by atoms with van der Waals surface area (Å²) >= 11 is 1.99. The molecule has 0 amide bonds. The van der Waals surface area contributed by atoms with Gasteiger partial charge in [0.1, 0.15) is 0 Å². The summed E-state index contributed by atoms with van der Waals surface area (Å²) in [5.74, 6) is 3.61. The minimum atomic E-state index is -2.78. The van der Waals surface area contributed by atoms with Crippen LogP contribution in [0.25, 0.3) is 0 Å². The van der Waals surface area contributed by atoms with Crippen LogP contribution in [0.4, 0.5) is 0 Å². The normalized spacial score (nSPS) is 18.2. The fourth-order valence-electron chi connectivity index (χ4n) is 4.83. The van der Waals surface area contributed by atoms with E-state index in [2.05, 4.69) is 13.8 Å². The van der Waals surface area contributed by atoms with Crippen LogP contribution in [0.5, 0.6) is 0 Å². The second-order valence-electron chi connectivity index (χ2n) is 9.28. The quantitative estimate of drug-likeness (QED) is 0.134. The van der Waals surface area contributed by atoms with Gasteiger partial charge in [-0.3, -0.25) is 4.57 Å². The van der Waals surface area contributed by atoms with Crippen molar-refractivity contribution in [3.63, 3.8) is 0 Å². The van der Waals surface area contributed by atoms with Gasteiger partial charge in [-0.25, -0.2) is 0 Å². The van der Waals surface area contributed by atoms with E-state index < -0.39 is 8.25 Å². The first-order chi connectivity index (χ1) is 15.2. The van der Waals surface area contributed by atoms with Gasteiger partial charge in [0.25, 0.3) is 0 Å². The van der Waals surface area contributed by atoms with Crippen LogP contribution >= 0.6 is 20.0 Å². The van der Waals surface area contributed by atoms with Gasteiger partial charge in [0.05, 0.1) is 12.7 Å². The molecular formula is C25H51O4PS. The van der Waals surface area contributed by atoms with Crippen molar-refractivity contribution in [2.24, 2.45) is 11.8 Å². The summed E-state index contributed by atoms with van der Waals surface area (Å²) in [6.45, 7) is 5.87. The molecular weight excluding hydrogens is 427 g/mol. The van der Waals surface area contributed by atoms with Crippen molar-refractivity contribution in [1.82, 2.24) is 0 Å². The lowest BCUT2D eigenvalue weighted by Gasteiger charge is -2.36. The third-order valence-corrected chi connectivity index (χ3v) is 8.25. The standard InChI is InChI=1S/C25H51O4PS/c1-3-5-6-7-8-9-10-14-19-28-25(16-4-2)24(23-17-12-11-13-18-23)22-31-21-15-20-29-30(26)27/h23-25,30H,3-22H2,1-2H3,(H,26,27). The summed E-state index contributed by atoms with van der Waals surface area (Å²) in [5.41, 5.74) is 0. The number of hydrogen-bond acceptors (Lipinski definition) is 4. The van der Waals surface area contributed by atoms with Gasteiger partial charge in [0.2, 0.25) is 0 Å². The van der Waals surface area contributed by atoms with Crippen LogP contribution in [0.1, 0.15) is 117 Å². The summed E-state index contributed by atoms with van der Waals surface area (Å²) in [6.07, 6.45) is 21.2. The highest BCUT2D eigenvalue weighted by Gasteiger charge is 2.30. The van der Waals surface area contributed by atoms with Crippen molar-refractivity contribution in [3.8, 4) is 0 Å². The minimum Gasteiger partial charge on any atom is -0.378 e. The highest BCUT2D eigenvalue weighted by molar-refractivity contribution is 7.99. The molecule has 0 spiro atoms. The van der Waals surface area contributed by atoms with Crippen molar-refractivity contribution >= 4 is 20.0 Å². The first-order valence-electron chi connectivity index (χ1n) is 13.2. The van der Waals surface area contributed by atoms with Gasteiger partial charge in [-0.1, -0.05) is 97.3 Å². The van der Waals surface area contributed by atoms with Crippen molar-refractivity contribution in [1.29, 1.82) is 0 Å². The topological polar surface area (TPSA) is 55.8 Å². The summed E-state index contributed by atoms with van der Waals surface area (Å²) in [5, 5.41) is 0. The van der Waals surface area contributed by atoms with Gasteiger partial charge >= 0.3 is 8.25 Å². The van der Waals surface area contributed by atoms with E-state index in [-0.39, 0.29) is 0 Å². The Morgan fingerprint density at radius 2 is 1.58 bits per heavy atom. The fourth-order valence-corrected chi connectivity index (χ4v) is 6.39. The van der Waals surface area contributed by atoms with E-state index in [4.69, 9.17) is 14.2 Å². The molecule has 0 aromatic carbocycles. The zero-order valence-corrected chi connectivity index (χ0v) is 22.3. The molecule has 1 N–H and O–H groups in total. The molecule has 1 aliphatic rings. The van der Waals surface area contributed by atoms with E-state index in [1.54, 1.807) is 0 Å². The van der Waals surface area contributed by atoms with Crippen LogP contribution in [-0.2, 0) is 13.8 Å². The summed E-state index contributed by atoms with van der Waals surface area (Å²) in [6, 6.07) is 0. The van der Waals surface area contributed by atoms with Gasteiger partial charge in [-0.15, -0.1) is 0 Å². The number of rotatable bonds is 21. The Balaban J connectivity index is 2.38. The molecule has 0 aliphatic heterocycles. The van der Waals surface area contributed by atoms with Gasteiger partial charge in [0, 0.05) is 6.61 Å². The number of thioether (sulfide) groups is 1. The molecule has 1 saturated carbocycles. The van der Waals surface area contributed by atoms with Crippen LogP contribution in [0.2, 0.25) is 0 Å². The van der Waals surface area contributed by atoms with E-state index in [0.29, 0.717) is 18.6 Å². The maximum absolute atomic E-state index is 10.7. The highest BCUT2D eigenvalue weighted by atomic mass is 32.2. The van der Waals surface area contributed by atoms with Gasteiger partial charge in [0.15, 0.2) is 0 Å². The number of ether oxygens (including phenoxy) is 1. The molecule has 0 aromatic heterocycles. The number of hydrogen-bond donors (Lipinski definition) is 1. The first-order valence-corrected chi connectivity index (χ1v) is 15.7. The van der Waals surface area contributed by atoms with Gasteiger partial charge < -0.3 is 14.2 Å². The van der Waals surface area contributed by atoms with E-state index in [1.807, 2.05) is 11.8 Å². The third kappa shape index (κ3) is 15.8. The van der Waals surface area contributed by atoms with Crippen molar-refractivity contribution in [3.05, 3.63) is 0 Å². The molecule has 186 valence electrons. The van der Waals surface area contributed by atoms with Gasteiger partial charge in [-0.2, -0.15) is 11.8 Å². The summed E-state index contributed by atoms with van der Waals surface area (Å²) in [4.78, 5) is 8.78. The van der Waals surface area contributed by atoms with E-state index in [0.717, 1.165) is 30.5 Å². The predicted molar refractivity (Wildman–Crippen MR) is 136 cm³/mol. The molecule has 0 heterocycles. The SMILES string of the molecule is CCCCCCCCCCOC(CCC)C(CSCCCO[PH](=O)O)C1CCCCC1. The van der Waals surface area contributed by atoms with Gasteiger partial charge in [-0.05, 0) is 42.6 Å². The lowest BCUT2D eigenvalue weighted by atomic mass is 9.77. The predicted octanol–water partition coefficient (Wildman–Crippen LogP) is 8.03. The van der Waals surface area contributed by atoms with Crippen LogP contribution in [0.15, 0.2) is 0 Å². The Morgan fingerprint density at radius 3 is 2.23 bits per heavy atom. The Kier molecular flexibility index (Phi) is 20.0. The Labute approximate surface area is 198 Å². The van der Waals surface area contributed by atoms with E-state index in [9.17, 15) is 4.57 Å². The Bertz CT molecular complexity index is 418. The second kappa shape index (κ2) is 21.0. The monoisotopic (exact) mass is 478 g/mol. The maximum Gasteiger partial charge on any atom is 0.316 e. The molecule has 3 unspecified atom stereocenters. The van der Waals surface area contributed by atoms with Crippen LogP contribution in [0, 0.1) is 11.8 Å². The minimum absolute atomic E-state index is 0.392. The largest absolute Gasteiger partial charge is 0.378 e. The molecule has 6 heteroatoms. The Hall–Kier alpha value is 0.460. The average molecular weight is 479 g/mol. The first kappa shape index (κ1) is 29.5. The van der Waals surface area contributed by atoms with E-state index >= 15 is 0 Å². The lowest BCUT2D eigenvalue weighted by Crippen LogP contribution is -2.34. The maximum atomic E-state index is 10.7. The summed E-state index contributed by atoms with van der Waals surface area (Å²) < 4.78 is 22.0. The van der Waals surface area contributed by atoms with Crippen LogP contribution < -0.4 is 0 Å². The zero-order valence-electron chi connectivity index (χ0n) is 20.5. The second-order valence-corrected chi connectivity index (χ2v) is 11.2. The highest BCUT2D eigenvalue weighted by Crippen LogP contribution is 2.36. The smallest absolute Gasteiger partial charge is 0.316 e. The molecule has 0 radical (unpaired) electrons. The molecule has 0 aromatic rings. The molecule has 1 rings (SSSR count). The van der Waals surface area contributed by atoms with Crippen LogP contribution in [0.3, 0.4) is 0 Å². The van der Waals surface area contributed by atoms with Crippen molar-refractivity contribution < 1.29 is 18.7 Å². The molecule has 0 bridgehead atoms. The Morgan fingerprint density at radius 1 is 0.903 bits per heavy atom. The van der Waals surface area contributed by atoms with Crippen molar-refractivity contribution in [2.45, 2.75) is 123 Å². The summed E-state index contributed by atoms with van der Waals surface area (Å²) in [7, 11) is -2.78. The molecule has 1 aliphatic carbocycles. The molecule has 4 nitrogen and oxygen atoms in total. The third-order valence-electron chi connectivity index (χ3n) is 6.60. The lowest BCUT2D eigenvalue weighted by molar-refractivity contribution is -0.0124. The van der Waals surface area contributed by atoms with Crippen LogP contribution in [-0.4, -0.2) is 35.7 Å². The zero-order chi connectivity index (χ0) is 22.6. The molecule has 1 fully saturated rings. The molecule has 3 atom stereocenters. The number of unbranched alkanes of at least 4 members (excludes halogenated alkanes) is 7.